The maximum absolute atomic E-state index is 5.78. The molecule has 0 aliphatic heterocycles. The first-order chi connectivity index (χ1) is 8.92. The van der Waals surface area contributed by atoms with Crippen molar-refractivity contribution in [3.05, 3.63) is 73.1 Å². The Morgan fingerprint density at radius 2 is 1.67 bits per heavy atom. The van der Waals surface area contributed by atoms with Crippen molar-refractivity contribution in [1.29, 1.82) is 0 Å². The summed E-state index contributed by atoms with van der Waals surface area (Å²) in [6.45, 7) is 0. The molecule has 0 aliphatic rings. The first kappa shape index (κ1) is 10.6. The molecule has 3 aromatic rings. The van der Waals surface area contributed by atoms with Gasteiger partial charge in [0.25, 0.3) is 0 Å². The van der Waals surface area contributed by atoms with E-state index in [-0.39, 0.29) is 0 Å². The standard InChI is InChI=1S/C15H12N2O/c1-2-7-14(8-3-1)18-15-9-4-6-13(12-15)17-11-5-10-16-17/h1-12H. The number of hydrogen-bond acceptors (Lipinski definition) is 2. The molecule has 0 aliphatic carbocycles. The van der Waals surface area contributed by atoms with Crippen LogP contribution in [0, 0.1) is 0 Å². The zero-order valence-corrected chi connectivity index (χ0v) is 9.73. The predicted octanol–water partition coefficient (Wildman–Crippen LogP) is 3.66. The number of benzene rings is 2. The van der Waals surface area contributed by atoms with Gasteiger partial charge in [-0.1, -0.05) is 24.3 Å². The third kappa shape index (κ3) is 2.25. The molecular weight excluding hydrogens is 224 g/mol. The van der Waals surface area contributed by atoms with Crippen LogP contribution >= 0.6 is 0 Å². The van der Waals surface area contributed by atoms with Gasteiger partial charge in [-0.15, -0.1) is 0 Å². The van der Waals surface area contributed by atoms with Crippen molar-refractivity contribution in [2.24, 2.45) is 0 Å². The molecule has 0 saturated carbocycles. The summed E-state index contributed by atoms with van der Waals surface area (Å²) in [5, 5.41) is 4.20. The quantitative estimate of drug-likeness (QED) is 0.693. The molecule has 1 aromatic heterocycles. The Balaban J connectivity index is 1.88. The molecule has 0 saturated heterocycles. The van der Waals surface area contributed by atoms with Gasteiger partial charge in [-0.3, -0.25) is 0 Å². The average molecular weight is 236 g/mol. The monoisotopic (exact) mass is 236 g/mol. The van der Waals surface area contributed by atoms with Crippen LogP contribution in [0.4, 0.5) is 0 Å². The van der Waals surface area contributed by atoms with Gasteiger partial charge < -0.3 is 4.74 Å². The highest BCUT2D eigenvalue weighted by Gasteiger charge is 2.00. The fraction of sp³-hybridized carbons (Fsp3) is 0. The summed E-state index contributed by atoms with van der Waals surface area (Å²) >= 11 is 0. The molecule has 3 heteroatoms. The van der Waals surface area contributed by atoms with Gasteiger partial charge in [0.2, 0.25) is 0 Å². The van der Waals surface area contributed by atoms with E-state index in [2.05, 4.69) is 5.10 Å². The third-order valence-electron chi connectivity index (χ3n) is 2.57. The molecule has 2 aromatic carbocycles. The van der Waals surface area contributed by atoms with Crippen molar-refractivity contribution in [3.63, 3.8) is 0 Å². The molecule has 0 N–H and O–H groups in total. The van der Waals surface area contributed by atoms with E-state index >= 15 is 0 Å². The van der Waals surface area contributed by atoms with Gasteiger partial charge >= 0.3 is 0 Å². The minimum atomic E-state index is 0.800. The summed E-state index contributed by atoms with van der Waals surface area (Å²) in [6.07, 6.45) is 3.66. The number of rotatable bonds is 3. The largest absolute Gasteiger partial charge is 0.457 e. The highest BCUT2D eigenvalue weighted by atomic mass is 16.5. The molecule has 0 amide bonds. The van der Waals surface area contributed by atoms with Crippen molar-refractivity contribution in [2.75, 3.05) is 0 Å². The second kappa shape index (κ2) is 4.75. The molecule has 18 heavy (non-hydrogen) atoms. The summed E-state index contributed by atoms with van der Waals surface area (Å²) in [4.78, 5) is 0. The molecular formula is C15H12N2O. The zero-order valence-electron chi connectivity index (χ0n) is 9.73. The van der Waals surface area contributed by atoms with Crippen molar-refractivity contribution < 1.29 is 4.74 Å². The fourth-order valence-electron chi connectivity index (χ4n) is 1.74. The third-order valence-corrected chi connectivity index (χ3v) is 2.57. The highest BCUT2D eigenvalue weighted by Crippen LogP contribution is 2.22. The predicted molar refractivity (Wildman–Crippen MR) is 70.1 cm³/mol. The van der Waals surface area contributed by atoms with Crippen molar-refractivity contribution in [2.45, 2.75) is 0 Å². The fourth-order valence-corrected chi connectivity index (χ4v) is 1.74. The maximum Gasteiger partial charge on any atom is 0.129 e. The van der Waals surface area contributed by atoms with Gasteiger partial charge in [-0.2, -0.15) is 5.10 Å². The van der Waals surface area contributed by atoms with Crippen molar-refractivity contribution >= 4 is 0 Å². The first-order valence-corrected chi connectivity index (χ1v) is 5.75. The van der Waals surface area contributed by atoms with Crippen LogP contribution in [-0.2, 0) is 0 Å². The molecule has 3 rings (SSSR count). The van der Waals surface area contributed by atoms with Gasteiger partial charge in [0.15, 0.2) is 0 Å². The molecule has 88 valence electrons. The normalized spacial score (nSPS) is 10.2. The molecule has 0 bridgehead atoms. The van der Waals surface area contributed by atoms with E-state index in [4.69, 9.17) is 4.74 Å². The van der Waals surface area contributed by atoms with Crippen LogP contribution in [0.5, 0.6) is 11.5 Å². The Hall–Kier alpha value is -2.55. The number of ether oxygens (including phenoxy) is 1. The minimum absolute atomic E-state index is 0.800. The van der Waals surface area contributed by atoms with Crippen molar-refractivity contribution in [3.8, 4) is 17.2 Å². The number of hydrogen-bond donors (Lipinski definition) is 0. The first-order valence-electron chi connectivity index (χ1n) is 5.75. The number of para-hydroxylation sites is 1. The smallest absolute Gasteiger partial charge is 0.129 e. The van der Waals surface area contributed by atoms with Gasteiger partial charge in [-0.25, -0.2) is 4.68 Å². The van der Waals surface area contributed by atoms with Crippen molar-refractivity contribution in [1.82, 2.24) is 9.78 Å². The van der Waals surface area contributed by atoms with E-state index in [9.17, 15) is 0 Å². The lowest BCUT2D eigenvalue weighted by molar-refractivity contribution is 0.482. The van der Waals surface area contributed by atoms with Crippen LogP contribution in [0.3, 0.4) is 0 Å². The average Bonchev–Trinajstić information content (AvgIpc) is 2.94. The highest BCUT2D eigenvalue weighted by molar-refractivity contribution is 5.40. The SMILES string of the molecule is c1ccc(Oc2cccc(-n3cccn3)c2)cc1. The molecule has 1 heterocycles. The number of aromatic nitrogens is 2. The minimum Gasteiger partial charge on any atom is -0.457 e. The van der Waals surface area contributed by atoms with Gasteiger partial charge in [-0.05, 0) is 30.3 Å². The Morgan fingerprint density at radius 3 is 2.44 bits per heavy atom. The molecule has 3 nitrogen and oxygen atoms in total. The van der Waals surface area contributed by atoms with Gasteiger partial charge in [0, 0.05) is 18.5 Å². The summed E-state index contributed by atoms with van der Waals surface area (Å²) < 4.78 is 7.58. The van der Waals surface area contributed by atoms with E-state index in [0.717, 1.165) is 17.2 Å². The molecule has 0 atom stereocenters. The Kier molecular flexibility index (Phi) is 2.80. The second-order valence-corrected chi connectivity index (χ2v) is 3.86. The van der Waals surface area contributed by atoms with E-state index in [1.807, 2.05) is 66.9 Å². The Labute approximate surface area is 105 Å². The molecule has 0 radical (unpaired) electrons. The number of nitrogens with zero attached hydrogens (tertiary/aromatic N) is 2. The molecule has 0 unspecified atom stereocenters. The van der Waals surface area contributed by atoms with Crippen LogP contribution in [0.2, 0.25) is 0 Å². The van der Waals surface area contributed by atoms with Gasteiger partial charge in [0.1, 0.15) is 11.5 Å². The Bertz CT molecular complexity index is 618. The molecule has 0 fully saturated rings. The van der Waals surface area contributed by atoms with E-state index in [1.54, 1.807) is 10.9 Å². The zero-order chi connectivity index (χ0) is 12.2. The topological polar surface area (TPSA) is 27.1 Å². The van der Waals surface area contributed by atoms with Crippen LogP contribution in [0.1, 0.15) is 0 Å². The van der Waals surface area contributed by atoms with Crippen LogP contribution in [0.15, 0.2) is 73.1 Å². The summed E-state index contributed by atoms with van der Waals surface area (Å²) in [7, 11) is 0. The van der Waals surface area contributed by atoms with E-state index < -0.39 is 0 Å². The molecule has 0 spiro atoms. The van der Waals surface area contributed by atoms with E-state index in [0.29, 0.717) is 0 Å². The van der Waals surface area contributed by atoms with Gasteiger partial charge in [0.05, 0.1) is 5.69 Å². The van der Waals surface area contributed by atoms with Crippen LogP contribution in [-0.4, -0.2) is 9.78 Å². The Morgan fingerprint density at radius 1 is 0.833 bits per heavy atom. The summed E-state index contributed by atoms with van der Waals surface area (Å²) in [6, 6.07) is 19.5. The summed E-state index contributed by atoms with van der Waals surface area (Å²) in [5.41, 5.74) is 0.980. The van der Waals surface area contributed by atoms with Crippen LogP contribution < -0.4 is 4.74 Å². The maximum atomic E-state index is 5.78. The lowest BCUT2D eigenvalue weighted by Gasteiger charge is -2.07. The summed E-state index contributed by atoms with van der Waals surface area (Å²) in [5.74, 6) is 1.63. The second-order valence-electron chi connectivity index (χ2n) is 3.86. The lowest BCUT2D eigenvalue weighted by atomic mass is 10.3. The van der Waals surface area contributed by atoms with Crippen LogP contribution in [0.25, 0.3) is 5.69 Å². The van der Waals surface area contributed by atoms with E-state index in [1.165, 1.54) is 0 Å². The lowest BCUT2D eigenvalue weighted by Crippen LogP contribution is -1.94.